The smallest absolute Gasteiger partial charge is 0.415 e. The minimum atomic E-state index is -3.49. The molecular weight excluding hydrogens is 1760 g/mol. The average Bonchev–Trinajstić information content (AvgIpc) is 1.48. The van der Waals surface area contributed by atoms with Crippen molar-refractivity contribution in [3.8, 4) is 12.1 Å². The number of esters is 3. The van der Waals surface area contributed by atoms with Crippen LogP contribution in [0.1, 0.15) is 454 Å². The first-order valence-electron chi connectivity index (χ1n) is 60.1. The van der Waals surface area contributed by atoms with Gasteiger partial charge >= 0.3 is 30.8 Å². The number of hydrogen-bond acceptors (Lipinski definition) is 15. The molecule has 2 N–H and O–H groups in total. The summed E-state index contributed by atoms with van der Waals surface area (Å²) < 4.78 is 42.3. The van der Waals surface area contributed by atoms with Gasteiger partial charge in [0.05, 0.1) is 37.6 Å². The number of hydrogen-bond donors (Lipinski definition) is 2. The van der Waals surface area contributed by atoms with Crippen LogP contribution < -0.4 is 0 Å². The van der Waals surface area contributed by atoms with E-state index in [2.05, 4.69) is 51.6 Å². The molecule has 17 unspecified atom stereocenters. The van der Waals surface area contributed by atoms with Crippen LogP contribution in [0.25, 0.3) is 4.85 Å². The van der Waals surface area contributed by atoms with Crippen molar-refractivity contribution in [2.45, 2.75) is 490 Å². The first-order valence-corrected chi connectivity index (χ1v) is 61.7. The molecule has 25 rings (SSSR count). The fraction of sp³-hybridized carbons (Fsp3) is 0.935. The fourth-order valence-electron chi connectivity index (χ4n) is 46.4. The van der Waals surface area contributed by atoms with Gasteiger partial charge in [0, 0.05) is 71.1 Å². The SMILES string of the molecule is CC(=O)O[C@@H]1CC[C@]2(C)C3CC[C@]45CCC(=O)C[C@H]4CCC5C3CC[C@H]2C1.CC(=O)O[C@@H]1CC[C@]2(C)C3CC[C@]45CCC(C#N)C[C@H]4CCC5C3CC[C@H]2C1.C[C@]12CC[C@@H](O)C[C@@H]1CCC1C3CC[C@@H]4CC(=O)CC[C@]34CCC12.C[C@]12CC[C@@H](O)C[C@@H]1CCC1C3CC[C@@H]4C[C@@H](C#N)CC[C@]34CCC12.[C-]#[N+]C1(P(=O)(OCC)OCC)CC[C@]23CCC4C(CC[C@H]5C[C@H](OC(C)=O)CC[C@]45C)C2CC[C@@H]3C1. The molecule has 0 saturated heterocycles. The maximum absolute atomic E-state index is 13.9. The number of nitrogens with zero attached hydrogens (tertiary/aromatic N) is 3. The summed E-state index contributed by atoms with van der Waals surface area (Å²) in [6, 6.07) is 5.18. The molecule has 0 aromatic carbocycles. The summed E-state index contributed by atoms with van der Waals surface area (Å²) in [5.41, 5.74) is 4.84. The molecule has 25 aliphatic rings. The average molecular weight is 1950 g/mol. The third-order valence-electron chi connectivity index (χ3n) is 52.6. The van der Waals surface area contributed by atoms with Gasteiger partial charge in [0.2, 0.25) is 0 Å². The molecule has 778 valence electrons. The van der Waals surface area contributed by atoms with Gasteiger partial charge in [-0.1, -0.05) is 34.6 Å². The van der Waals surface area contributed by atoms with Gasteiger partial charge in [0.1, 0.15) is 29.9 Å². The number of rotatable bonds is 8. The highest BCUT2D eigenvalue weighted by Crippen LogP contribution is 2.80. The van der Waals surface area contributed by atoms with Gasteiger partial charge in [-0.15, -0.1) is 0 Å². The third kappa shape index (κ3) is 17.0. The lowest BCUT2D eigenvalue weighted by molar-refractivity contribution is -0.163. The van der Waals surface area contributed by atoms with Crippen LogP contribution in [-0.4, -0.2) is 88.7 Å². The first kappa shape index (κ1) is 102. The molecule has 140 heavy (non-hydrogen) atoms. The Labute approximate surface area is 845 Å². The Morgan fingerprint density at radius 3 is 0.921 bits per heavy atom. The van der Waals surface area contributed by atoms with Crippen LogP contribution in [0.15, 0.2) is 0 Å². The number of fused-ring (bicyclic) bond motifs is 20. The van der Waals surface area contributed by atoms with E-state index in [1.54, 1.807) is 13.8 Å². The lowest BCUT2D eigenvalue weighted by Crippen LogP contribution is -2.56. The molecule has 0 radical (unpaired) electrons. The molecule has 16 nitrogen and oxygen atoms in total. The van der Waals surface area contributed by atoms with Gasteiger partial charge in [0.15, 0.2) is 0 Å². The Morgan fingerprint density at radius 2 is 0.614 bits per heavy atom. The molecule has 0 aromatic heterocycles. The van der Waals surface area contributed by atoms with Crippen LogP contribution in [0.4, 0.5) is 0 Å². The number of aliphatic hydroxyl groups is 2. The molecule has 25 fully saturated rings. The third-order valence-corrected chi connectivity index (χ3v) is 55.3. The zero-order chi connectivity index (χ0) is 97.9. The van der Waals surface area contributed by atoms with Crippen molar-refractivity contribution in [3.05, 3.63) is 11.4 Å². The Morgan fingerprint density at radius 1 is 0.336 bits per heavy atom. The van der Waals surface area contributed by atoms with Crippen molar-refractivity contribution in [2.75, 3.05) is 13.2 Å². The molecule has 0 amide bonds. The topological polar surface area (TPSA) is 241 Å². The monoisotopic (exact) mass is 1950 g/mol. The maximum Gasteiger partial charge on any atom is 0.415 e. The number of carbonyl (C=O) groups excluding carboxylic acids is 5. The molecule has 0 aliphatic heterocycles. The standard InChI is InChI=1S/C29H46NO5P.C25H37NO2.C24H36O3.C23H35NO.C22H34O2/c1-6-33-36(32,34-7-2)29(30-5)17-16-28-15-13-25-24(26(28)11-9-22(28)19-29)10-8-21-18-23(35-20(3)31)12-14-27(21,25)4;1-16(27)28-20-8-10-24(2)18(14-20)3-5-21-22(24)9-12-25-11-7-17(15-26)13-19(25)4-6-23(21)25;1-15(25)27-19-8-10-23(2)16(14-19)3-5-20-21(23)9-12-24-11-7-18(26)13-17(24)4-6-22(20)24;1-22-9-7-18(25)13-16(22)2-4-19-20(22)8-11-23-10-6-15(14-24)12-17(23)3-5-21(19)23;1-21-9-6-16(23)12-14(21)2-4-18-19(21)8-11-22-10-7-17(24)13-15(22)3-5-20(18)22/h21-26H,6-19H2,1-4H3;17-23H,3-14H2,1-2H3;16-17,19-22H,3-14H2,1-2H3;15-21,25H,2-13H2,1H3;14-16,18-20,23H,2-13H2,1H3/t21-,22+,23+,24?,25?,26?,27-,28-,29?;17?,18-,19+,20+,21?,22?,23?,24-,25+;16-,17+,19+,20?,21?,22?,23-,24+;15-,16-,17+,18+,19?,20?,21?,22-,23+;14-,15+,16+,18?,19?,20?,21-,22+/m00000/s1. The highest BCUT2D eigenvalue weighted by molar-refractivity contribution is 7.55. The number of nitriles is 2. The van der Waals surface area contributed by atoms with E-state index >= 15 is 0 Å². The van der Waals surface area contributed by atoms with E-state index < -0.39 is 12.9 Å². The highest BCUT2D eigenvalue weighted by atomic mass is 31.2. The predicted octanol–water partition coefficient (Wildman–Crippen LogP) is 28.9. The summed E-state index contributed by atoms with van der Waals surface area (Å²) in [4.78, 5) is 62.6. The molecule has 25 saturated carbocycles. The van der Waals surface area contributed by atoms with Gasteiger partial charge in [-0.3, -0.25) is 33.4 Å². The van der Waals surface area contributed by atoms with Crippen LogP contribution in [0, 0.1) is 243 Å². The second-order valence-electron chi connectivity index (χ2n) is 56.2. The van der Waals surface area contributed by atoms with Crippen LogP contribution in [0.3, 0.4) is 0 Å². The lowest BCUT2D eigenvalue weighted by Gasteiger charge is -2.62. The zero-order valence-electron chi connectivity index (χ0n) is 89.0. The predicted molar refractivity (Wildman–Crippen MR) is 544 cm³/mol. The van der Waals surface area contributed by atoms with Crippen molar-refractivity contribution < 1.29 is 62.0 Å². The normalized spacial score (nSPS) is 52.3. The Kier molecular flexibility index (Phi) is 28.6. The van der Waals surface area contributed by atoms with Gasteiger partial charge in [-0.25, -0.2) is 6.57 Å². The maximum atomic E-state index is 13.9. The zero-order valence-corrected chi connectivity index (χ0v) is 89.9. The van der Waals surface area contributed by atoms with Crippen molar-refractivity contribution in [1.29, 1.82) is 10.5 Å². The molecule has 5 spiro atoms. The molecule has 0 heterocycles. The number of ether oxygens (including phenoxy) is 3. The summed E-state index contributed by atoms with van der Waals surface area (Å²) in [6.07, 6.45) is 73.7. The van der Waals surface area contributed by atoms with Gasteiger partial charge in [0.25, 0.3) is 0 Å². The number of ketones is 2. The van der Waals surface area contributed by atoms with E-state index in [0.29, 0.717) is 121 Å². The minimum absolute atomic E-state index is 0.0262. The number of Topliss-reactive ketones (excluding diaryl/α,β-unsaturated/α-hetero) is 2. The largest absolute Gasteiger partial charge is 0.463 e. The summed E-state index contributed by atoms with van der Waals surface area (Å²) in [7, 11) is -3.49. The van der Waals surface area contributed by atoms with Crippen LogP contribution in [0.2, 0.25) is 0 Å². The van der Waals surface area contributed by atoms with Crippen LogP contribution in [0.5, 0.6) is 0 Å². The van der Waals surface area contributed by atoms with E-state index in [9.17, 15) is 49.3 Å². The van der Waals surface area contributed by atoms with E-state index in [4.69, 9.17) is 29.8 Å². The first-order chi connectivity index (χ1) is 67.1. The van der Waals surface area contributed by atoms with Gasteiger partial charge in [-0.05, 0) is 563 Å². The number of aliphatic hydroxyl groups excluding tert-OH is 2. The second kappa shape index (κ2) is 39.3. The van der Waals surface area contributed by atoms with Crippen molar-refractivity contribution in [3.63, 3.8) is 0 Å². The fourth-order valence-corrected chi connectivity index (χ4v) is 48.6. The Hall–Kier alpha value is -3.71. The van der Waals surface area contributed by atoms with E-state index in [-0.39, 0.29) is 48.4 Å². The summed E-state index contributed by atoms with van der Waals surface area (Å²) in [6.45, 7) is 30.0. The quantitative estimate of drug-likeness (QED) is 0.0994. The van der Waals surface area contributed by atoms with Crippen LogP contribution >= 0.6 is 7.60 Å². The van der Waals surface area contributed by atoms with Crippen molar-refractivity contribution >= 4 is 37.1 Å². The summed E-state index contributed by atoms with van der Waals surface area (Å²) >= 11 is 0. The number of carbonyl (C=O) groups is 5. The van der Waals surface area contributed by atoms with E-state index in [1.807, 2.05) is 13.8 Å². The molecule has 17 heteroatoms. The molecule has 43 atom stereocenters. The van der Waals surface area contributed by atoms with Gasteiger partial charge < -0.3 is 33.5 Å². The molecular formula is C123H188N3O13P. The summed E-state index contributed by atoms with van der Waals surface area (Å²) in [5.74, 6) is 21.8. The van der Waals surface area contributed by atoms with Crippen LogP contribution in [-0.2, 0) is 51.8 Å². The molecule has 0 bridgehead atoms. The lowest BCUT2D eigenvalue weighted by atomic mass is 9.43. The van der Waals surface area contributed by atoms with Crippen molar-refractivity contribution in [2.24, 2.45) is 214 Å². The molecule has 0 aromatic rings. The van der Waals surface area contributed by atoms with E-state index in [0.717, 1.165) is 239 Å². The van der Waals surface area contributed by atoms with E-state index in [1.165, 1.54) is 270 Å². The minimum Gasteiger partial charge on any atom is -0.463 e. The Balaban J connectivity index is 0.000000105. The second-order valence-corrected chi connectivity index (χ2v) is 58.6. The summed E-state index contributed by atoms with van der Waals surface area (Å²) in [5, 5.41) is 38.2. The molecule has 25 aliphatic carbocycles. The highest BCUT2D eigenvalue weighted by Gasteiger charge is 2.73. The van der Waals surface area contributed by atoms with Crippen molar-refractivity contribution in [1.82, 2.24) is 0 Å². The Bertz CT molecular complexity index is 4710. The van der Waals surface area contributed by atoms with Gasteiger partial charge in [-0.2, -0.15) is 10.5 Å².